The van der Waals surface area contributed by atoms with Gasteiger partial charge in [0.05, 0.1) is 5.25 Å². The third-order valence-corrected chi connectivity index (χ3v) is 4.89. The zero-order valence-electron chi connectivity index (χ0n) is 15.2. The molecular formula is C20H21N3O2S. The van der Waals surface area contributed by atoms with Crippen molar-refractivity contribution in [1.29, 1.82) is 0 Å². The monoisotopic (exact) mass is 367 g/mol. The molecule has 1 heterocycles. The van der Waals surface area contributed by atoms with E-state index in [9.17, 15) is 4.79 Å². The topological polar surface area (TPSA) is 68.0 Å². The van der Waals surface area contributed by atoms with E-state index in [-0.39, 0.29) is 11.2 Å². The van der Waals surface area contributed by atoms with E-state index in [1.807, 2.05) is 70.2 Å². The Morgan fingerprint density at radius 1 is 1.08 bits per heavy atom. The average molecular weight is 367 g/mol. The van der Waals surface area contributed by atoms with Gasteiger partial charge in [0.2, 0.25) is 11.8 Å². The van der Waals surface area contributed by atoms with Crippen molar-refractivity contribution in [1.82, 2.24) is 10.2 Å². The molecule has 0 saturated heterocycles. The maximum atomic E-state index is 12.5. The number of hydrogen-bond acceptors (Lipinski definition) is 5. The summed E-state index contributed by atoms with van der Waals surface area (Å²) >= 11 is 1.25. The molecule has 3 aromatic rings. The van der Waals surface area contributed by atoms with Crippen LogP contribution in [0, 0.1) is 20.8 Å². The van der Waals surface area contributed by atoms with E-state index in [2.05, 4.69) is 15.5 Å². The van der Waals surface area contributed by atoms with Gasteiger partial charge in [-0.15, -0.1) is 10.2 Å². The number of nitrogens with one attached hydrogen (secondary N) is 1. The van der Waals surface area contributed by atoms with Crippen molar-refractivity contribution in [2.45, 2.75) is 38.2 Å². The molecule has 26 heavy (non-hydrogen) atoms. The number of hydrogen-bond donors (Lipinski definition) is 1. The molecule has 2 aromatic carbocycles. The summed E-state index contributed by atoms with van der Waals surface area (Å²) in [6, 6.07) is 13.8. The van der Waals surface area contributed by atoms with Gasteiger partial charge in [0, 0.05) is 11.3 Å². The Kier molecular flexibility index (Phi) is 5.42. The number of benzene rings is 2. The predicted molar refractivity (Wildman–Crippen MR) is 104 cm³/mol. The first kappa shape index (κ1) is 18.2. The standard InChI is InChI=1S/C20H21N3O2S/c1-12-6-5-7-16(11-12)19-22-23-20(25-19)26-15(4)18(24)21-17-9-8-13(2)10-14(17)3/h5-11,15H,1-4H3,(H,21,24)/t15-/m1/s1. The number of rotatable bonds is 5. The Labute approximate surface area is 157 Å². The SMILES string of the molecule is Cc1cccc(-c2nnc(S[C@H](C)C(=O)Nc3ccc(C)cc3C)o2)c1. The fraction of sp³-hybridized carbons (Fsp3) is 0.250. The number of thioether (sulfide) groups is 1. The quantitative estimate of drug-likeness (QED) is 0.657. The van der Waals surface area contributed by atoms with Crippen molar-refractivity contribution >= 4 is 23.4 Å². The molecule has 1 aromatic heterocycles. The maximum absolute atomic E-state index is 12.5. The molecule has 3 rings (SSSR count). The van der Waals surface area contributed by atoms with Crippen molar-refractivity contribution in [3.63, 3.8) is 0 Å². The second kappa shape index (κ2) is 7.74. The zero-order chi connectivity index (χ0) is 18.7. The van der Waals surface area contributed by atoms with Crippen LogP contribution in [0.3, 0.4) is 0 Å². The van der Waals surface area contributed by atoms with E-state index in [0.29, 0.717) is 11.1 Å². The fourth-order valence-corrected chi connectivity index (χ4v) is 3.23. The normalized spacial score (nSPS) is 12.0. The molecular weight excluding hydrogens is 346 g/mol. The summed E-state index contributed by atoms with van der Waals surface area (Å²) in [5.41, 5.74) is 5.01. The molecule has 0 spiro atoms. The van der Waals surface area contributed by atoms with Crippen LogP contribution < -0.4 is 5.32 Å². The summed E-state index contributed by atoms with van der Waals surface area (Å²) in [7, 11) is 0. The summed E-state index contributed by atoms with van der Waals surface area (Å²) in [5.74, 6) is 0.357. The number of nitrogens with zero attached hydrogens (tertiary/aromatic N) is 2. The highest BCUT2D eigenvalue weighted by molar-refractivity contribution is 8.00. The van der Waals surface area contributed by atoms with Crippen LogP contribution in [-0.4, -0.2) is 21.4 Å². The highest BCUT2D eigenvalue weighted by Gasteiger charge is 2.19. The molecule has 0 unspecified atom stereocenters. The van der Waals surface area contributed by atoms with Crippen LogP contribution in [0.25, 0.3) is 11.5 Å². The van der Waals surface area contributed by atoms with Crippen molar-refractivity contribution in [3.05, 3.63) is 59.2 Å². The number of carbonyl (C=O) groups is 1. The molecule has 134 valence electrons. The number of carbonyl (C=O) groups excluding carboxylic acids is 1. The smallest absolute Gasteiger partial charge is 0.277 e. The second-order valence-corrected chi connectivity index (χ2v) is 7.60. The van der Waals surface area contributed by atoms with Crippen LogP contribution in [0.15, 0.2) is 52.1 Å². The highest BCUT2D eigenvalue weighted by Crippen LogP contribution is 2.27. The number of aromatic nitrogens is 2. The first-order valence-corrected chi connectivity index (χ1v) is 9.25. The molecule has 0 bridgehead atoms. The third-order valence-electron chi connectivity index (χ3n) is 3.96. The molecule has 0 aliphatic heterocycles. The summed E-state index contributed by atoms with van der Waals surface area (Å²) in [6.45, 7) is 7.83. The summed E-state index contributed by atoms with van der Waals surface area (Å²) in [5, 5.41) is 11.1. The molecule has 0 aliphatic rings. The molecule has 1 N–H and O–H groups in total. The van der Waals surface area contributed by atoms with Gasteiger partial charge < -0.3 is 9.73 Å². The first-order valence-electron chi connectivity index (χ1n) is 8.37. The average Bonchev–Trinajstić information content (AvgIpc) is 3.06. The van der Waals surface area contributed by atoms with Crippen molar-refractivity contribution in [3.8, 4) is 11.5 Å². The molecule has 0 aliphatic carbocycles. The Bertz CT molecular complexity index is 936. The minimum atomic E-state index is -0.360. The van der Waals surface area contributed by atoms with Gasteiger partial charge in [-0.2, -0.15) is 0 Å². The minimum Gasteiger partial charge on any atom is -0.411 e. The van der Waals surface area contributed by atoms with Gasteiger partial charge in [-0.1, -0.05) is 47.2 Å². The summed E-state index contributed by atoms with van der Waals surface area (Å²) in [4.78, 5) is 12.5. The van der Waals surface area contributed by atoms with Crippen LogP contribution in [-0.2, 0) is 4.79 Å². The first-order chi connectivity index (χ1) is 12.4. The molecule has 6 heteroatoms. The van der Waals surface area contributed by atoms with Crippen LogP contribution in [0.5, 0.6) is 0 Å². The van der Waals surface area contributed by atoms with Crippen molar-refractivity contribution < 1.29 is 9.21 Å². The Morgan fingerprint density at radius 2 is 1.85 bits per heavy atom. The number of aryl methyl sites for hydroxylation is 3. The van der Waals surface area contributed by atoms with E-state index in [0.717, 1.165) is 27.9 Å². The van der Waals surface area contributed by atoms with Gasteiger partial charge in [-0.25, -0.2) is 0 Å². The highest BCUT2D eigenvalue weighted by atomic mass is 32.2. The van der Waals surface area contributed by atoms with Crippen molar-refractivity contribution in [2.24, 2.45) is 0 Å². The molecule has 1 amide bonds. The van der Waals surface area contributed by atoms with Crippen LogP contribution in [0.2, 0.25) is 0 Å². The van der Waals surface area contributed by atoms with Gasteiger partial charge in [0.1, 0.15) is 0 Å². The lowest BCUT2D eigenvalue weighted by molar-refractivity contribution is -0.115. The molecule has 1 atom stereocenters. The minimum absolute atomic E-state index is 0.0998. The molecule has 5 nitrogen and oxygen atoms in total. The Morgan fingerprint density at radius 3 is 2.58 bits per heavy atom. The lowest BCUT2D eigenvalue weighted by atomic mass is 10.1. The zero-order valence-corrected chi connectivity index (χ0v) is 16.1. The lowest BCUT2D eigenvalue weighted by Gasteiger charge is -2.12. The Hall–Kier alpha value is -2.60. The van der Waals surface area contributed by atoms with E-state index < -0.39 is 0 Å². The van der Waals surface area contributed by atoms with E-state index in [4.69, 9.17) is 4.42 Å². The van der Waals surface area contributed by atoms with Gasteiger partial charge >= 0.3 is 0 Å². The molecule has 0 saturated carbocycles. The van der Waals surface area contributed by atoms with E-state index >= 15 is 0 Å². The third kappa shape index (κ3) is 4.32. The van der Waals surface area contributed by atoms with Gasteiger partial charge in [0.25, 0.3) is 5.22 Å². The van der Waals surface area contributed by atoms with Gasteiger partial charge in [0.15, 0.2) is 0 Å². The second-order valence-electron chi connectivity index (χ2n) is 6.31. The molecule has 0 fully saturated rings. The largest absolute Gasteiger partial charge is 0.411 e. The number of anilines is 1. The molecule has 0 radical (unpaired) electrons. The predicted octanol–water partition coefficient (Wildman–Crippen LogP) is 4.78. The summed E-state index contributed by atoms with van der Waals surface area (Å²) < 4.78 is 5.70. The Balaban J connectivity index is 1.66. The number of amides is 1. The van der Waals surface area contributed by atoms with Gasteiger partial charge in [-0.3, -0.25) is 4.79 Å². The van der Waals surface area contributed by atoms with E-state index in [1.165, 1.54) is 11.8 Å². The van der Waals surface area contributed by atoms with Crippen LogP contribution in [0.4, 0.5) is 5.69 Å². The van der Waals surface area contributed by atoms with Crippen LogP contribution >= 0.6 is 11.8 Å². The summed E-state index contributed by atoms with van der Waals surface area (Å²) in [6.07, 6.45) is 0. The van der Waals surface area contributed by atoms with Crippen molar-refractivity contribution in [2.75, 3.05) is 5.32 Å². The maximum Gasteiger partial charge on any atom is 0.277 e. The fourth-order valence-electron chi connectivity index (χ4n) is 2.55. The van der Waals surface area contributed by atoms with Crippen LogP contribution in [0.1, 0.15) is 23.6 Å². The van der Waals surface area contributed by atoms with Gasteiger partial charge in [-0.05, 0) is 51.5 Å². The van der Waals surface area contributed by atoms with E-state index in [1.54, 1.807) is 0 Å². The lowest BCUT2D eigenvalue weighted by Crippen LogP contribution is -2.22.